The van der Waals surface area contributed by atoms with Crippen LogP contribution in [0.3, 0.4) is 0 Å². The molecule has 3 aromatic carbocycles. The van der Waals surface area contributed by atoms with Crippen molar-refractivity contribution in [3.05, 3.63) is 89.4 Å². The van der Waals surface area contributed by atoms with Crippen molar-refractivity contribution in [1.29, 1.82) is 0 Å². The lowest BCUT2D eigenvalue weighted by Crippen LogP contribution is -2.30. The van der Waals surface area contributed by atoms with E-state index in [4.69, 9.17) is 25.5 Å². The summed E-state index contributed by atoms with van der Waals surface area (Å²) in [5.74, 6) is 0.265. The first-order valence-corrected chi connectivity index (χ1v) is 10.1. The molecule has 4 rings (SSSR count). The lowest BCUT2D eigenvalue weighted by atomic mass is 10.2. The first-order chi connectivity index (χ1) is 15.5. The third-order valence-corrected chi connectivity index (χ3v) is 4.62. The molecule has 1 aromatic heterocycles. The molecule has 1 heterocycles. The van der Waals surface area contributed by atoms with Crippen molar-refractivity contribution < 1.29 is 23.1 Å². The van der Waals surface area contributed by atoms with Crippen LogP contribution in [0.1, 0.15) is 12.5 Å². The molecule has 1 N–H and O–H groups in total. The molecule has 0 fully saturated rings. The van der Waals surface area contributed by atoms with Gasteiger partial charge in [0.1, 0.15) is 17.0 Å². The number of oxazole rings is 1. The molecule has 1 atom stereocenters. The predicted molar refractivity (Wildman–Crippen MR) is 120 cm³/mol. The monoisotopic (exact) mass is 452 g/mol. The Morgan fingerprint density at radius 2 is 1.81 bits per heavy atom. The highest BCUT2D eigenvalue weighted by atomic mass is 35.5. The second kappa shape index (κ2) is 9.53. The Morgan fingerprint density at radius 3 is 2.56 bits per heavy atom. The molecule has 0 aliphatic rings. The van der Waals surface area contributed by atoms with Crippen molar-refractivity contribution in [1.82, 2.24) is 4.98 Å². The molecule has 32 heavy (non-hydrogen) atoms. The van der Waals surface area contributed by atoms with Crippen LogP contribution in [0.5, 0.6) is 11.5 Å². The van der Waals surface area contributed by atoms with Gasteiger partial charge in [0.2, 0.25) is 0 Å². The van der Waals surface area contributed by atoms with Gasteiger partial charge in [0.15, 0.2) is 11.7 Å². The van der Waals surface area contributed by atoms with Crippen LogP contribution in [0.15, 0.2) is 83.2 Å². The Kier molecular flexibility index (Phi) is 6.37. The van der Waals surface area contributed by atoms with Crippen LogP contribution in [0.25, 0.3) is 17.2 Å². The zero-order valence-electron chi connectivity index (χ0n) is 16.9. The fourth-order valence-corrected chi connectivity index (χ4v) is 2.99. The van der Waals surface area contributed by atoms with Gasteiger partial charge >= 0.3 is 6.01 Å². The highest BCUT2D eigenvalue weighted by Crippen LogP contribution is 2.24. The summed E-state index contributed by atoms with van der Waals surface area (Å²) in [7, 11) is 0. The van der Waals surface area contributed by atoms with Crippen LogP contribution in [0, 0.1) is 0 Å². The summed E-state index contributed by atoms with van der Waals surface area (Å²) < 4.78 is 30.3. The van der Waals surface area contributed by atoms with Crippen LogP contribution >= 0.6 is 11.6 Å². The smallest absolute Gasteiger partial charge is 0.302 e. The van der Waals surface area contributed by atoms with Gasteiger partial charge in [-0.05, 0) is 55.0 Å². The first kappa shape index (κ1) is 21.4. The fourth-order valence-electron chi connectivity index (χ4n) is 2.83. The first-order valence-electron chi connectivity index (χ1n) is 9.70. The molecular formula is C24H18ClFN2O4. The van der Waals surface area contributed by atoms with E-state index in [0.29, 0.717) is 33.2 Å². The van der Waals surface area contributed by atoms with E-state index in [1.165, 1.54) is 6.08 Å². The summed E-state index contributed by atoms with van der Waals surface area (Å²) in [6.45, 7) is 1.58. The van der Waals surface area contributed by atoms with Crippen molar-refractivity contribution >= 4 is 40.7 Å². The minimum atomic E-state index is -0.838. The number of rotatable bonds is 7. The second-order valence-corrected chi connectivity index (χ2v) is 7.25. The van der Waals surface area contributed by atoms with E-state index in [-0.39, 0.29) is 6.01 Å². The SMILES string of the molecule is C[C@@H](Oc1ccc(OC(F)=Cc2ccccc2)cc1)C(=O)Nc1nc2cc(Cl)ccc2o1. The van der Waals surface area contributed by atoms with Gasteiger partial charge in [-0.25, -0.2) is 0 Å². The third-order valence-electron chi connectivity index (χ3n) is 4.38. The molecule has 0 saturated carbocycles. The number of anilines is 1. The summed E-state index contributed by atoms with van der Waals surface area (Å²) >= 11 is 5.93. The van der Waals surface area contributed by atoms with Crippen molar-refractivity contribution in [2.45, 2.75) is 13.0 Å². The average molecular weight is 453 g/mol. The zero-order valence-corrected chi connectivity index (χ0v) is 17.7. The quantitative estimate of drug-likeness (QED) is 0.336. The topological polar surface area (TPSA) is 73.6 Å². The Morgan fingerprint density at radius 1 is 1.09 bits per heavy atom. The number of carbonyl (C=O) groups is 1. The average Bonchev–Trinajstić information content (AvgIpc) is 3.17. The van der Waals surface area contributed by atoms with Gasteiger partial charge in [-0.2, -0.15) is 9.37 Å². The summed E-state index contributed by atoms with van der Waals surface area (Å²) in [6, 6.07) is 19.5. The summed E-state index contributed by atoms with van der Waals surface area (Å²) in [5, 5.41) is 3.08. The number of fused-ring (bicyclic) bond motifs is 1. The number of nitrogens with one attached hydrogen (secondary N) is 1. The number of nitrogens with zero attached hydrogens (tertiary/aromatic N) is 1. The molecule has 0 unspecified atom stereocenters. The van der Waals surface area contributed by atoms with Crippen LogP contribution in [0.4, 0.5) is 10.4 Å². The number of hydrogen-bond acceptors (Lipinski definition) is 5. The number of benzene rings is 3. The molecular weight excluding hydrogens is 435 g/mol. The van der Waals surface area contributed by atoms with Crippen molar-refractivity contribution in [3.8, 4) is 11.5 Å². The zero-order chi connectivity index (χ0) is 22.5. The normalized spacial score (nSPS) is 12.4. The minimum Gasteiger partial charge on any atom is -0.481 e. The third kappa shape index (κ3) is 5.44. The molecule has 8 heteroatoms. The maximum atomic E-state index is 14.0. The summed E-state index contributed by atoms with van der Waals surface area (Å²) in [5.41, 5.74) is 1.72. The summed E-state index contributed by atoms with van der Waals surface area (Å²) in [4.78, 5) is 16.6. The largest absolute Gasteiger partial charge is 0.481 e. The van der Waals surface area contributed by atoms with Gasteiger partial charge in [-0.15, -0.1) is 0 Å². The van der Waals surface area contributed by atoms with Crippen molar-refractivity contribution in [2.75, 3.05) is 5.32 Å². The van der Waals surface area contributed by atoms with Crippen molar-refractivity contribution in [3.63, 3.8) is 0 Å². The molecule has 162 valence electrons. The lowest BCUT2D eigenvalue weighted by molar-refractivity contribution is -0.122. The molecule has 0 saturated heterocycles. The van der Waals surface area contributed by atoms with E-state index in [9.17, 15) is 9.18 Å². The van der Waals surface area contributed by atoms with Gasteiger partial charge in [-0.3, -0.25) is 10.1 Å². The van der Waals surface area contributed by atoms with E-state index in [2.05, 4.69) is 10.3 Å². The molecule has 1 amide bonds. The predicted octanol–water partition coefficient (Wildman–Crippen LogP) is 6.23. The highest BCUT2D eigenvalue weighted by molar-refractivity contribution is 6.31. The molecule has 4 aromatic rings. The standard InChI is InChI=1S/C24H18ClFN2O4/c1-15(23(29)28-24-27-20-14-17(25)7-12-21(20)32-24)30-18-8-10-19(11-9-18)31-22(26)13-16-5-3-2-4-6-16/h2-15H,1H3,(H,27,28,29)/t15-/m1/s1. The summed E-state index contributed by atoms with van der Waals surface area (Å²) in [6.07, 6.45) is 0.451. The van der Waals surface area contributed by atoms with Gasteiger partial charge < -0.3 is 13.9 Å². The van der Waals surface area contributed by atoms with E-state index in [1.807, 2.05) is 18.2 Å². The Bertz CT molecular complexity index is 1260. The molecule has 0 aliphatic heterocycles. The van der Waals surface area contributed by atoms with E-state index >= 15 is 0 Å². The van der Waals surface area contributed by atoms with Gasteiger partial charge in [0.05, 0.1) is 0 Å². The number of halogens is 2. The van der Waals surface area contributed by atoms with Gasteiger partial charge in [0, 0.05) is 11.1 Å². The van der Waals surface area contributed by atoms with E-state index in [1.54, 1.807) is 61.5 Å². The van der Waals surface area contributed by atoms with Crippen molar-refractivity contribution in [2.24, 2.45) is 0 Å². The lowest BCUT2D eigenvalue weighted by Gasteiger charge is -2.13. The Labute approximate surface area is 188 Å². The van der Waals surface area contributed by atoms with Crippen LogP contribution in [-0.4, -0.2) is 17.0 Å². The minimum absolute atomic E-state index is 0.0483. The van der Waals surface area contributed by atoms with Crippen LogP contribution < -0.4 is 14.8 Å². The molecule has 0 spiro atoms. The van der Waals surface area contributed by atoms with E-state index < -0.39 is 18.0 Å². The molecule has 0 aliphatic carbocycles. The number of aromatic nitrogens is 1. The molecule has 6 nitrogen and oxygen atoms in total. The molecule has 0 radical (unpaired) electrons. The Hall–Kier alpha value is -3.84. The second-order valence-electron chi connectivity index (χ2n) is 6.81. The van der Waals surface area contributed by atoms with Gasteiger partial charge in [-0.1, -0.05) is 41.9 Å². The Balaban J connectivity index is 1.34. The number of ether oxygens (including phenoxy) is 2. The number of hydrogen-bond donors (Lipinski definition) is 1. The fraction of sp³-hybridized carbons (Fsp3) is 0.0833. The van der Waals surface area contributed by atoms with Gasteiger partial charge in [0.25, 0.3) is 11.9 Å². The van der Waals surface area contributed by atoms with Crippen LogP contribution in [0.2, 0.25) is 5.02 Å². The highest BCUT2D eigenvalue weighted by Gasteiger charge is 2.18. The van der Waals surface area contributed by atoms with E-state index in [0.717, 1.165) is 0 Å². The maximum absolute atomic E-state index is 14.0. The number of amides is 1. The maximum Gasteiger partial charge on any atom is 0.302 e. The number of carbonyl (C=O) groups excluding carboxylic acids is 1. The van der Waals surface area contributed by atoms with Crippen LogP contribution in [-0.2, 0) is 4.79 Å². The molecule has 0 bridgehead atoms.